The predicted molar refractivity (Wildman–Crippen MR) is 47.6 cm³/mol. The summed E-state index contributed by atoms with van der Waals surface area (Å²) in [6.07, 6.45) is 3.63. The quantitative estimate of drug-likeness (QED) is 0.378. The van der Waals surface area contributed by atoms with Gasteiger partial charge in [0.25, 0.3) is 6.26 Å². The highest BCUT2D eigenvalue weighted by Crippen LogP contribution is 2.25. The SMILES string of the molecule is CC(C)(CC(C)(C)OC#N)N=C=O. The molecule has 0 unspecified atom stereocenters. The van der Waals surface area contributed by atoms with Crippen LogP contribution < -0.4 is 0 Å². The lowest BCUT2D eigenvalue weighted by atomic mass is 9.90. The second-order valence-electron chi connectivity index (χ2n) is 4.15. The normalized spacial score (nSPS) is 11.3. The lowest BCUT2D eigenvalue weighted by Crippen LogP contribution is -2.33. The highest BCUT2D eigenvalue weighted by molar-refractivity contribution is 5.34. The van der Waals surface area contributed by atoms with Gasteiger partial charge in [0.15, 0.2) is 0 Å². The summed E-state index contributed by atoms with van der Waals surface area (Å²) in [5, 5.41) is 8.35. The van der Waals surface area contributed by atoms with Gasteiger partial charge in [-0.1, -0.05) is 0 Å². The fourth-order valence-electron chi connectivity index (χ4n) is 1.36. The maximum absolute atomic E-state index is 10.1. The fraction of sp³-hybridized carbons (Fsp3) is 0.778. The topological polar surface area (TPSA) is 62.4 Å². The molecule has 4 nitrogen and oxygen atoms in total. The minimum Gasteiger partial charge on any atom is -0.421 e. The van der Waals surface area contributed by atoms with E-state index in [9.17, 15) is 4.79 Å². The molecule has 0 heterocycles. The highest BCUT2D eigenvalue weighted by atomic mass is 16.5. The molecule has 0 aromatic carbocycles. The van der Waals surface area contributed by atoms with Crippen LogP contribution >= 0.6 is 0 Å². The van der Waals surface area contributed by atoms with E-state index in [0.29, 0.717) is 6.42 Å². The number of nitrogens with zero attached hydrogens (tertiary/aromatic N) is 2. The zero-order chi connectivity index (χ0) is 10.5. The molecule has 0 spiro atoms. The molecular formula is C9H14N2O2. The van der Waals surface area contributed by atoms with E-state index < -0.39 is 11.1 Å². The largest absolute Gasteiger partial charge is 0.421 e. The van der Waals surface area contributed by atoms with Gasteiger partial charge in [-0.05, 0) is 27.7 Å². The van der Waals surface area contributed by atoms with Crippen molar-refractivity contribution in [2.24, 2.45) is 4.99 Å². The van der Waals surface area contributed by atoms with Gasteiger partial charge < -0.3 is 4.74 Å². The van der Waals surface area contributed by atoms with Crippen molar-refractivity contribution in [2.45, 2.75) is 45.3 Å². The van der Waals surface area contributed by atoms with Gasteiger partial charge in [-0.15, -0.1) is 0 Å². The molecule has 72 valence electrons. The van der Waals surface area contributed by atoms with Crippen LogP contribution in [-0.2, 0) is 9.53 Å². The van der Waals surface area contributed by atoms with E-state index in [4.69, 9.17) is 10.00 Å². The molecule has 0 aliphatic heterocycles. The number of aliphatic imine (C=N–C) groups is 1. The maximum atomic E-state index is 10.1. The van der Waals surface area contributed by atoms with Gasteiger partial charge in [0.05, 0.1) is 5.54 Å². The molecule has 0 fully saturated rings. The summed E-state index contributed by atoms with van der Waals surface area (Å²) < 4.78 is 4.83. The van der Waals surface area contributed by atoms with Gasteiger partial charge in [-0.2, -0.15) is 10.3 Å². The van der Waals surface area contributed by atoms with Crippen molar-refractivity contribution < 1.29 is 9.53 Å². The minimum atomic E-state index is -0.599. The third kappa shape index (κ3) is 5.00. The molecule has 0 aromatic rings. The Morgan fingerprint density at radius 3 is 2.31 bits per heavy atom. The monoisotopic (exact) mass is 182 g/mol. The Kier molecular flexibility index (Phi) is 3.65. The van der Waals surface area contributed by atoms with Gasteiger partial charge in [0.1, 0.15) is 5.60 Å². The maximum Gasteiger partial charge on any atom is 0.286 e. The van der Waals surface area contributed by atoms with Gasteiger partial charge >= 0.3 is 0 Å². The lowest BCUT2D eigenvalue weighted by Gasteiger charge is -2.28. The van der Waals surface area contributed by atoms with Crippen molar-refractivity contribution in [3.05, 3.63) is 0 Å². The second kappa shape index (κ2) is 4.06. The summed E-state index contributed by atoms with van der Waals surface area (Å²) in [4.78, 5) is 13.7. The van der Waals surface area contributed by atoms with Crippen LogP contribution in [0.5, 0.6) is 0 Å². The first kappa shape index (κ1) is 11.7. The van der Waals surface area contributed by atoms with Gasteiger partial charge in [0.2, 0.25) is 6.08 Å². The van der Waals surface area contributed by atoms with E-state index in [1.165, 1.54) is 6.08 Å². The first-order valence-corrected chi connectivity index (χ1v) is 3.99. The van der Waals surface area contributed by atoms with Gasteiger partial charge in [-0.25, -0.2) is 4.79 Å². The number of carbonyl (C=O) groups excluding carboxylic acids is 1. The van der Waals surface area contributed by atoms with Gasteiger partial charge in [-0.3, -0.25) is 0 Å². The van der Waals surface area contributed by atoms with E-state index in [1.807, 2.05) is 0 Å². The van der Waals surface area contributed by atoms with E-state index in [0.717, 1.165) is 0 Å². The lowest BCUT2D eigenvalue weighted by molar-refractivity contribution is 0.0460. The third-order valence-electron chi connectivity index (χ3n) is 1.53. The molecule has 0 aliphatic carbocycles. The van der Waals surface area contributed by atoms with Crippen LogP contribution in [0.2, 0.25) is 0 Å². The van der Waals surface area contributed by atoms with E-state index in [1.54, 1.807) is 34.0 Å². The van der Waals surface area contributed by atoms with Crippen molar-refractivity contribution in [3.63, 3.8) is 0 Å². The van der Waals surface area contributed by atoms with E-state index >= 15 is 0 Å². The van der Waals surface area contributed by atoms with Crippen molar-refractivity contribution in [1.82, 2.24) is 0 Å². The van der Waals surface area contributed by atoms with Gasteiger partial charge in [0, 0.05) is 6.42 Å². The minimum absolute atomic E-state index is 0.489. The summed E-state index contributed by atoms with van der Waals surface area (Å²) in [6.45, 7) is 7.14. The van der Waals surface area contributed by atoms with Crippen LogP contribution in [0, 0.1) is 11.5 Å². The van der Waals surface area contributed by atoms with Crippen LogP contribution in [0.4, 0.5) is 0 Å². The summed E-state index contributed by atoms with van der Waals surface area (Å²) in [7, 11) is 0. The summed E-state index contributed by atoms with van der Waals surface area (Å²) in [6, 6.07) is 0. The Bertz CT molecular complexity index is 257. The van der Waals surface area contributed by atoms with Crippen molar-refractivity contribution in [2.75, 3.05) is 0 Å². The second-order valence-corrected chi connectivity index (χ2v) is 4.15. The molecule has 0 rings (SSSR count). The Morgan fingerprint density at radius 1 is 1.38 bits per heavy atom. The van der Waals surface area contributed by atoms with Crippen molar-refractivity contribution in [1.29, 1.82) is 5.26 Å². The Balaban J connectivity index is 4.42. The third-order valence-corrected chi connectivity index (χ3v) is 1.53. The Labute approximate surface area is 78.2 Å². The average molecular weight is 182 g/mol. The van der Waals surface area contributed by atoms with E-state index in [2.05, 4.69) is 4.99 Å². The Hall–Kier alpha value is -1.33. The average Bonchev–Trinajstić information content (AvgIpc) is 1.82. The van der Waals surface area contributed by atoms with Crippen LogP contribution in [-0.4, -0.2) is 17.2 Å². The number of ether oxygens (including phenoxy) is 1. The molecule has 0 bridgehead atoms. The smallest absolute Gasteiger partial charge is 0.286 e. The number of isocyanates is 1. The summed E-state index contributed by atoms with van der Waals surface area (Å²) in [5.41, 5.74) is -1.14. The molecule has 0 aromatic heterocycles. The molecule has 0 atom stereocenters. The molecule has 0 amide bonds. The first-order chi connectivity index (χ1) is 5.83. The molecule has 0 N–H and O–H groups in total. The number of nitriles is 1. The fourth-order valence-corrected chi connectivity index (χ4v) is 1.36. The molecule has 4 heteroatoms. The number of rotatable bonds is 4. The zero-order valence-electron chi connectivity index (χ0n) is 8.42. The molecule has 0 aliphatic rings. The zero-order valence-corrected chi connectivity index (χ0v) is 8.42. The van der Waals surface area contributed by atoms with E-state index in [-0.39, 0.29) is 0 Å². The summed E-state index contributed by atoms with van der Waals surface area (Å²) in [5.74, 6) is 0. The molecule has 0 saturated heterocycles. The van der Waals surface area contributed by atoms with Crippen LogP contribution in [0.25, 0.3) is 0 Å². The number of hydrogen-bond donors (Lipinski definition) is 0. The standard InChI is InChI=1S/C9H14N2O2/c1-8(2,11-7-12)5-9(3,4)13-6-10/h5H2,1-4H3. The Morgan fingerprint density at radius 2 is 1.92 bits per heavy atom. The van der Waals surface area contributed by atoms with Crippen LogP contribution in [0.15, 0.2) is 4.99 Å². The predicted octanol–water partition coefficient (Wildman–Crippen LogP) is 1.77. The summed E-state index contributed by atoms with van der Waals surface area (Å²) >= 11 is 0. The van der Waals surface area contributed by atoms with Crippen molar-refractivity contribution in [3.8, 4) is 6.26 Å². The first-order valence-electron chi connectivity index (χ1n) is 3.99. The molecule has 13 heavy (non-hydrogen) atoms. The molecule has 0 radical (unpaired) electrons. The van der Waals surface area contributed by atoms with Crippen LogP contribution in [0.1, 0.15) is 34.1 Å². The van der Waals surface area contributed by atoms with Crippen LogP contribution in [0.3, 0.4) is 0 Å². The molecule has 0 saturated carbocycles. The highest BCUT2D eigenvalue weighted by Gasteiger charge is 2.30. The molecular weight excluding hydrogens is 168 g/mol. The number of hydrogen-bond acceptors (Lipinski definition) is 4. The van der Waals surface area contributed by atoms with Crippen molar-refractivity contribution >= 4 is 6.08 Å².